The van der Waals surface area contributed by atoms with Crippen molar-refractivity contribution in [2.24, 2.45) is 5.73 Å². The van der Waals surface area contributed by atoms with E-state index in [0.717, 1.165) is 16.9 Å². The van der Waals surface area contributed by atoms with E-state index in [1.807, 2.05) is 50.2 Å². The molecule has 0 fully saturated rings. The summed E-state index contributed by atoms with van der Waals surface area (Å²) in [5, 5.41) is 0. The molecule has 2 aromatic rings. The lowest BCUT2D eigenvalue weighted by Crippen LogP contribution is -2.12. The van der Waals surface area contributed by atoms with Gasteiger partial charge in [0.2, 0.25) is 0 Å². The van der Waals surface area contributed by atoms with Crippen molar-refractivity contribution in [2.75, 3.05) is 0 Å². The highest BCUT2D eigenvalue weighted by Gasteiger charge is 2.08. The molecule has 1 unspecified atom stereocenters. The van der Waals surface area contributed by atoms with Gasteiger partial charge in [0.25, 0.3) is 0 Å². The second-order valence-electron chi connectivity index (χ2n) is 4.50. The highest BCUT2D eigenvalue weighted by Crippen LogP contribution is 2.21. The van der Waals surface area contributed by atoms with Crippen LogP contribution in [0.15, 0.2) is 48.8 Å². The maximum absolute atomic E-state index is 6.19. The minimum atomic E-state index is -0.146. The Labute approximate surface area is 108 Å². The van der Waals surface area contributed by atoms with Crippen LogP contribution >= 0.6 is 0 Å². The topological polar surface area (TPSA) is 48.1 Å². The van der Waals surface area contributed by atoms with Gasteiger partial charge in [0.05, 0.1) is 12.1 Å². The Balaban J connectivity index is 2.14. The fourth-order valence-corrected chi connectivity index (χ4v) is 1.78. The molecule has 94 valence electrons. The maximum Gasteiger partial charge on any atom is 0.119 e. The largest absolute Gasteiger partial charge is 0.491 e. The van der Waals surface area contributed by atoms with Crippen LogP contribution in [0, 0.1) is 0 Å². The van der Waals surface area contributed by atoms with Crippen molar-refractivity contribution in [2.45, 2.75) is 26.0 Å². The first-order chi connectivity index (χ1) is 8.66. The van der Waals surface area contributed by atoms with E-state index in [4.69, 9.17) is 10.5 Å². The molecule has 0 saturated heterocycles. The molecular formula is C15H18N2O. The van der Waals surface area contributed by atoms with Gasteiger partial charge in [-0.2, -0.15) is 0 Å². The molecule has 0 amide bonds. The number of benzene rings is 1. The van der Waals surface area contributed by atoms with Crippen molar-refractivity contribution in [3.05, 3.63) is 59.9 Å². The normalized spacial score (nSPS) is 12.4. The minimum Gasteiger partial charge on any atom is -0.491 e. The Kier molecular flexibility index (Phi) is 3.95. The van der Waals surface area contributed by atoms with Crippen LogP contribution in [-0.4, -0.2) is 11.1 Å². The summed E-state index contributed by atoms with van der Waals surface area (Å²) in [6.07, 6.45) is 3.72. The minimum absolute atomic E-state index is 0.146. The first-order valence-electron chi connectivity index (χ1n) is 6.09. The van der Waals surface area contributed by atoms with E-state index in [-0.39, 0.29) is 12.1 Å². The smallest absolute Gasteiger partial charge is 0.119 e. The van der Waals surface area contributed by atoms with Gasteiger partial charge in [-0.1, -0.05) is 18.2 Å². The number of hydrogen-bond donors (Lipinski definition) is 1. The molecule has 1 heterocycles. The predicted molar refractivity (Wildman–Crippen MR) is 72.5 cm³/mol. The molecule has 0 aliphatic heterocycles. The van der Waals surface area contributed by atoms with Crippen molar-refractivity contribution >= 4 is 0 Å². The van der Waals surface area contributed by atoms with E-state index in [9.17, 15) is 0 Å². The number of pyridine rings is 1. The summed E-state index contributed by atoms with van der Waals surface area (Å²) < 4.78 is 5.60. The Morgan fingerprint density at radius 3 is 2.33 bits per heavy atom. The maximum atomic E-state index is 6.19. The van der Waals surface area contributed by atoms with Crippen molar-refractivity contribution in [3.8, 4) is 5.75 Å². The van der Waals surface area contributed by atoms with Crippen molar-refractivity contribution in [3.63, 3.8) is 0 Å². The summed E-state index contributed by atoms with van der Waals surface area (Å²) in [5.41, 5.74) is 8.25. The molecule has 0 aliphatic rings. The molecule has 3 heteroatoms. The molecule has 3 nitrogen and oxygen atoms in total. The predicted octanol–water partition coefficient (Wildman–Crippen LogP) is 2.92. The van der Waals surface area contributed by atoms with Crippen LogP contribution in [0.3, 0.4) is 0 Å². The van der Waals surface area contributed by atoms with E-state index >= 15 is 0 Å². The van der Waals surface area contributed by atoms with E-state index < -0.39 is 0 Å². The number of hydrogen-bond acceptors (Lipinski definition) is 3. The summed E-state index contributed by atoms with van der Waals surface area (Å²) in [6, 6.07) is 11.6. The number of nitrogens with two attached hydrogens (primary N) is 1. The molecule has 18 heavy (non-hydrogen) atoms. The zero-order chi connectivity index (χ0) is 13.0. The Morgan fingerprint density at radius 2 is 1.78 bits per heavy atom. The van der Waals surface area contributed by atoms with Gasteiger partial charge >= 0.3 is 0 Å². The molecule has 1 atom stereocenters. The van der Waals surface area contributed by atoms with Crippen LogP contribution < -0.4 is 10.5 Å². The van der Waals surface area contributed by atoms with Crippen molar-refractivity contribution < 1.29 is 4.74 Å². The van der Waals surface area contributed by atoms with Crippen LogP contribution in [0.4, 0.5) is 0 Å². The summed E-state index contributed by atoms with van der Waals surface area (Å²) in [5.74, 6) is 0.868. The van der Waals surface area contributed by atoms with E-state index in [1.165, 1.54) is 0 Å². The van der Waals surface area contributed by atoms with Crippen LogP contribution in [0.25, 0.3) is 0 Å². The van der Waals surface area contributed by atoms with Crippen molar-refractivity contribution in [1.82, 2.24) is 4.98 Å². The number of ether oxygens (including phenoxy) is 1. The van der Waals surface area contributed by atoms with E-state index in [2.05, 4.69) is 4.98 Å². The van der Waals surface area contributed by atoms with Gasteiger partial charge in [-0.25, -0.2) is 0 Å². The molecule has 2 rings (SSSR count). The number of aromatic nitrogens is 1. The molecule has 0 bridgehead atoms. The summed E-state index contributed by atoms with van der Waals surface area (Å²) in [4.78, 5) is 4.08. The second kappa shape index (κ2) is 5.65. The number of nitrogens with zero attached hydrogens (tertiary/aromatic N) is 1. The number of rotatable bonds is 4. The summed E-state index contributed by atoms with van der Waals surface area (Å²) >= 11 is 0. The van der Waals surface area contributed by atoms with E-state index in [1.54, 1.807) is 12.4 Å². The SMILES string of the molecule is CC(C)Oc1ccc(C(N)c2cccnc2)cc1. The second-order valence-corrected chi connectivity index (χ2v) is 4.50. The van der Waals surface area contributed by atoms with Gasteiger partial charge < -0.3 is 10.5 Å². The average Bonchev–Trinajstić information content (AvgIpc) is 2.39. The molecule has 1 aromatic carbocycles. The third kappa shape index (κ3) is 3.08. The van der Waals surface area contributed by atoms with Gasteiger partial charge in [-0.3, -0.25) is 4.98 Å². The van der Waals surface area contributed by atoms with Crippen LogP contribution in [-0.2, 0) is 0 Å². The lowest BCUT2D eigenvalue weighted by atomic mass is 10.0. The Bertz CT molecular complexity index is 480. The third-order valence-corrected chi connectivity index (χ3v) is 2.65. The van der Waals surface area contributed by atoms with Crippen molar-refractivity contribution in [1.29, 1.82) is 0 Å². The lowest BCUT2D eigenvalue weighted by Gasteiger charge is -2.14. The molecule has 0 saturated carbocycles. The molecule has 0 spiro atoms. The molecular weight excluding hydrogens is 224 g/mol. The highest BCUT2D eigenvalue weighted by atomic mass is 16.5. The standard InChI is InChI=1S/C15H18N2O/c1-11(2)18-14-7-5-12(6-8-14)15(16)13-4-3-9-17-10-13/h3-11,15H,16H2,1-2H3. The van der Waals surface area contributed by atoms with Crippen LogP contribution in [0.2, 0.25) is 0 Å². The van der Waals surface area contributed by atoms with Crippen LogP contribution in [0.1, 0.15) is 31.0 Å². The van der Waals surface area contributed by atoms with Gasteiger partial charge in [0.1, 0.15) is 5.75 Å². The van der Waals surface area contributed by atoms with Gasteiger partial charge in [0.15, 0.2) is 0 Å². The summed E-state index contributed by atoms with van der Waals surface area (Å²) in [7, 11) is 0. The van der Waals surface area contributed by atoms with Gasteiger partial charge in [-0.15, -0.1) is 0 Å². The fraction of sp³-hybridized carbons (Fsp3) is 0.267. The third-order valence-electron chi connectivity index (χ3n) is 2.65. The van der Waals surface area contributed by atoms with E-state index in [0.29, 0.717) is 0 Å². The zero-order valence-corrected chi connectivity index (χ0v) is 10.7. The van der Waals surface area contributed by atoms with Crippen LogP contribution in [0.5, 0.6) is 5.75 Å². The fourth-order valence-electron chi connectivity index (χ4n) is 1.78. The Hall–Kier alpha value is -1.87. The summed E-state index contributed by atoms with van der Waals surface area (Å²) in [6.45, 7) is 4.02. The quantitative estimate of drug-likeness (QED) is 0.896. The first kappa shape index (κ1) is 12.6. The molecule has 0 aliphatic carbocycles. The zero-order valence-electron chi connectivity index (χ0n) is 10.7. The lowest BCUT2D eigenvalue weighted by molar-refractivity contribution is 0.242. The van der Waals surface area contributed by atoms with Gasteiger partial charge in [0, 0.05) is 12.4 Å². The monoisotopic (exact) mass is 242 g/mol. The first-order valence-corrected chi connectivity index (χ1v) is 6.09. The highest BCUT2D eigenvalue weighted by molar-refractivity contribution is 5.34. The van der Waals surface area contributed by atoms with Gasteiger partial charge in [-0.05, 0) is 43.2 Å². The molecule has 2 N–H and O–H groups in total. The average molecular weight is 242 g/mol. The molecule has 0 radical (unpaired) electrons. The molecule has 1 aromatic heterocycles. The Morgan fingerprint density at radius 1 is 1.06 bits per heavy atom.